The van der Waals surface area contributed by atoms with Gasteiger partial charge in [-0.2, -0.15) is 0 Å². The van der Waals surface area contributed by atoms with Crippen LogP contribution in [0.15, 0.2) is 60.9 Å². The summed E-state index contributed by atoms with van der Waals surface area (Å²) in [4.78, 5) is 22.1. The molecule has 0 aliphatic heterocycles. The lowest BCUT2D eigenvalue weighted by atomic mass is 10.0. The minimum atomic E-state index is -0.0701. The van der Waals surface area contributed by atoms with Crippen LogP contribution in [-0.2, 0) is 6.42 Å². The van der Waals surface area contributed by atoms with Crippen molar-refractivity contribution in [2.75, 3.05) is 6.54 Å². The minimum absolute atomic E-state index is 0.0701. The first kappa shape index (κ1) is 17.2. The summed E-state index contributed by atoms with van der Waals surface area (Å²) in [7, 11) is 0. The third-order valence-corrected chi connectivity index (χ3v) is 4.65. The van der Waals surface area contributed by atoms with Gasteiger partial charge in [-0.15, -0.1) is 0 Å². The standard InChI is InChI=1S/C22H22N4O/c1-15(2)20-13-18(17-7-3-4-8-19(17)25-20)22(27)23-11-10-16-14-26-12-6-5-9-21(26)24-16/h3-9,12-15H,10-11H2,1-2H3,(H,23,27). The van der Waals surface area contributed by atoms with E-state index in [2.05, 4.69) is 29.1 Å². The molecule has 0 spiro atoms. The summed E-state index contributed by atoms with van der Waals surface area (Å²) < 4.78 is 1.99. The monoisotopic (exact) mass is 358 g/mol. The number of fused-ring (bicyclic) bond motifs is 2. The molecule has 4 rings (SSSR count). The molecule has 0 aliphatic carbocycles. The Morgan fingerprint density at radius 3 is 2.74 bits per heavy atom. The number of carbonyl (C=O) groups excluding carboxylic acids is 1. The number of imidazole rings is 1. The predicted molar refractivity (Wildman–Crippen MR) is 107 cm³/mol. The molecule has 5 nitrogen and oxygen atoms in total. The summed E-state index contributed by atoms with van der Waals surface area (Å²) in [5, 5.41) is 3.92. The van der Waals surface area contributed by atoms with E-state index in [-0.39, 0.29) is 11.8 Å². The highest BCUT2D eigenvalue weighted by atomic mass is 16.1. The molecular formula is C22H22N4O. The third-order valence-electron chi connectivity index (χ3n) is 4.65. The second-order valence-electron chi connectivity index (χ2n) is 6.97. The average Bonchev–Trinajstić information content (AvgIpc) is 3.09. The van der Waals surface area contributed by atoms with Gasteiger partial charge in [0, 0.05) is 36.4 Å². The van der Waals surface area contributed by atoms with E-state index >= 15 is 0 Å². The van der Waals surface area contributed by atoms with Crippen LogP contribution >= 0.6 is 0 Å². The summed E-state index contributed by atoms with van der Waals surface area (Å²) in [6.07, 6.45) is 4.66. The molecule has 0 radical (unpaired) electrons. The number of rotatable bonds is 5. The molecule has 1 N–H and O–H groups in total. The molecule has 0 unspecified atom stereocenters. The maximum absolute atomic E-state index is 12.8. The molecule has 0 atom stereocenters. The highest BCUT2D eigenvalue weighted by Gasteiger charge is 2.14. The van der Waals surface area contributed by atoms with Crippen molar-refractivity contribution >= 4 is 22.5 Å². The van der Waals surface area contributed by atoms with Crippen LogP contribution in [0.5, 0.6) is 0 Å². The Kier molecular flexibility index (Phi) is 4.59. The van der Waals surface area contributed by atoms with Crippen molar-refractivity contribution in [3.63, 3.8) is 0 Å². The number of benzene rings is 1. The lowest BCUT2D eigenvalue weighted by molar-refractivity contribution is 0.0955. The molecule has 0 bridgehead atoms. The average molecular weight is 358 g/mol. The van der Waals surface area contributed by atoms with Gasteiger partial charge in [0.2, 0.25) is 0 Å². The fourth-order valence-corrected chi connectivity index (χ4v) is 3.19. The second-order valence-corrected chi connectivity index (χ2v) is 6.97. The molecule has 1 aromatic carbocycles. The number of amides is 1. The zero-order valence-electron chi connectivity index (χ0n) is 15.5. The van der Waals surface area contributed by atoms with Gasteiger partial charge in [0.25, 0.3) is 5.91 Å². The highest BCUT2D eigenvalue weighted by Crippen LogP contribution is 2.22. The van der Waals surface area contributed by atoms with Crippen LogP contribution in [0, 0.1) is 0 Å². The lowest BCUT2D eigenvalue weighted by Crippen LogP contribution is -2.26. The van der Waals surface area contributed by atoms with Crippen molar-refractivity contribution in [2.24, 2.45) is 0 Å². The topological polar surface area (TPSA) is 59.3 Å². The Morgan fingerprint density at radius 2 is 1.93 bits per heavy atom. The maximum Gasteiger partial charge on any atom is 0.252 e. The Hall–Kier alpha value is -3.21. The summed E-state index contributed by atoms with van der Waals surface area (Å²) in [6, 6.07) is 15.6. The van der Waals surface area contributed by atoms with Crippen LogP contribution in [0.25, 0.3) is 16.6 Å². The quantitative estimate of drug-likeness (QED) is 0.587. The minimum Gasteiger partial charge on any atom is -0.352 e. The molecule has 3 aromatic heterocycles. The normalized spacial score (nSPS) is 11.4. The Morgan fingerprint density at radius 1 is 1.11 bits per heavy atom. The van der Waals surface area contributed by atoms with E-state index in [9.17, 15) is 4.79 Å². The summed E-state index contributed by atoms with van der Waals surface area (Å²) in [5.74, 6) is 0.193. The zero-order chi connectivity index (χ0) is 18.8. The maximum atomic E-state index is 12.8. The van der Waals surface area contributed by atoms with E-state index in [0.29, 0.717) is 18.5 Å². The summed E-state index contributed by atoms with van der Waals surface area (Å²) >= 11 is 0. The van der Waals surface area contributed by atoms with Gasteiger partial charge in [-0.25, -0.2) is 4.98 Å². The van der Waals surface area contributed by atoms with Crippen molar-refractivity contribution in [1.82, 2.24) is 19.7 Å². The van der Waals surface area contributed by atoms with Crippen LogP contribution in [0.3, 0.4) is 0 Å². The van der Waals surface area contributed by atoms with Gasteiger partial charge in [0.05, 0.1) is 16.8 Å². The molecular weight excluding hydrogens is 336 g/mol. The van der Waals surface area contributed by atoms with Crippen molar-refractivity contribution in [3.8, 4) is 0 Å². The van der Waals surface area contributed by atoms with Crippen LogP contribution in [-0.4, -0.2) is 26.8 Å². The highest BCUT2D eigenvalue weighted by molar-refractivity contribution is 6.06. The smallest absolute Gasteiger partial charge is 0.252 e. The van der Waals surface area contributed by atoms with E-state index in [0.717, 1.165) is 27.9 Å². The first-order valence-electron chi connectivity index (χ1n) is 9.22. The van der Waals surface area contributed by atoms with E-state index < -0.39 is 0 Å². The van der Waals surface area contributed by atoms with Gasteiger partial charge >= 0.3 is 0 Å². The zero-order valence-corrected chi connectivity index (χ0v) is 15.5. The van der Waals surface area contributed by atoms with E-state index in [1.807, 2.05) is 65.3 Å². The summed E-state index contributed by atoms with van der Waals surface area (Å²) in [6.45, 7) is 4.71. The molecule has 0 aliphatic rings. The van der Waals surface area contributed by atoms with Gasteiger partial charge in [-0.05, 0) is 30.2 Å². The Bertz CT molecular complexity index is 1080. The number of hydrogen-bond acceptors (Lipinski definition) is 3. The molecule has 136 valence electrons. The Balaban J connectivity index is 1.52. The van der Waals surface area contributed by atoms with Crippen molar-refractivity contribution in [3.05, 3.63) is 77.9 Å². The van der Waals surface area contributed by atoms with Crippen molar-refractivity contribution in [1.29, 1.82) is 0 Å². The third kappa shape index (κ3) is 3.53. The van der Waals surface area contributed by atoms with Crippen LogP contribution in [0.1, 0.15) is 41.5 Å². The van der Waals surface area contributed by atoms with Gasteiger partial charge in [0.1, 0.15) is 5.65 Å². The van der Waals surface area contributed by atoms with Crippen molar-refractivity contribution in [2.45, 2.75) is 26.2 Å². The van der Waals surface area contributed by atoms with E-state index in [1.54, 1.807) is 0 Å². The molecule has 0 saturated heterocycles. The van der Waals surface area contributed by atoms with Gasteiger partial charge in [-0.1, -0.05) is 38.1 Å². The molecule has 3 heterocycles. The molecule has 4 aromatic rings. The molecule has 0 saturated carbocycles. The van der Waals surface area contributed by atoms with Gasteiger partial charge < -0.3 is 9.72 Å². The SMILES string of the molecule is CC(C)c1cc(C(=O)NCCc2cn3ccccc3n2)c2ccccc2n1. The number of nitrogens with zero attached hydrogens (tertiary/aromatic N) is 3. The number of carbonyl (C=O) groups is 1. The molecule has 0 fully saturated rings. The number of pyridine rings is 2. The number of aromatic nitrogens is 3. The fraction of sp³-hybridized carbons (Fsp3) is 0.227. The predicted octanol–water partition coefficient (Wildman–Crippen LogP) is 3.98. The Labute approximate surface area is 158 Å². The largest absolute Gasteiger partial charge is 0.352 e. The first-order valence-corrected chi connectivity index (χ1v) is 9.22. The number of hydrogen-bond donors (Lipinski definition) is 1. The van der Waals surface area contributed by atoms with Crippen LogP contribution < -0.4 is 5.32 Å². The van der Waals surface area contributed by atoms with Gasteiger partial charge in [-0.3, -0.25) is 9.78 Å². The lowest BCUT2D eigenvalue weighted by Gasteiger charge is -2.12. The summed E-state index contributed by atoms with van der Waals surface area (Å²) in [5.41, 5.74) is 4.34. The number of para-hydroxylation sites is 1. The van der Waals surface area contributed by atoms with Gasteiger partial charge in [0.15, 0.2) is 0 Å². The molecule has 5 heteroatoms. The number of nitrogens with one attached hydrogen (secondary N) is 1. The van der Waals surface area contributed by atoms with Crippen LogP contribution in [0.2, 0.25) is 0 Å². The van der Waals surface area contributed by atoms with Crippen molar-refractivity contribution < 1.29 is 4.79 Å². The molecule has 1 amide bonds. The fourth-order valence-electron chi connectivity index (χ4n) is 3.19. The second kappa shape index (κ2) is 7.19. The van der Waals surface area contributed by atoms with E-state index in [1.165, 1.54) is 0 Å². The molecule has 27 heavy (non-hydrogen) atoms. The first-order chi connectivity index (χ1) is 13.1. The van der Waals surface area contributed by atoms with E-state index in [4.69, 9.17) is 0 Å². The van der Waals surface area contributed by atoms with Crippen LogP contribution in [0.4, 0.5) is 0 Å².